The normalized spacial score (nSPS) is 26.1. The van der Waals surface area contributed by atoms with E-state index in [1.165, 1.54) is 6.07 Å². The van der Waals surface area contributed by atoms with Crippen molar-refractivity contribution in [2.45, 2.75) is 56.8 Å². The number of hydrogen-bond acceptors (Lipinski definition) is 3. The lowest BCUT2D eigenvalue weighted by Gasteiger charge is -2.41. The van der Waals surface area contributed by atoms with Crippen LogP contribution in [0, 0.1) is 17.8 Å². The van der Waals surface area contributed by atoms with Crippen molar-refractivity contribution >= 4 is 12.0 Å². The van der Waals surface area contributed by atoms with Gasteiger partial charge in [-0.05, 0) is 60.1 Å². The number of nitrogens with zero attached hydrogens (tertiary/aromatic N) is 1. The second-order valence-corrected chi connectivity index (χ2v) is 9.92. The molecule has 5 heteroatoms. The van der Waals surface area contributed by atoms with Gasteiger partial charge in [-0.2, -0.15) is 0 Å². The molecule has 1 saturated carbocycles. The van der Waals surface area contributed by atoms with Crippen LogP contribution in [0.1, 0.15) is 67.6 Å². The van der Waals surface area contributed by atoms with Crippen LogP contribution in [0.4, 0.5) is 14.5 Å². The summed E-state index contributed by atoms with van der Waals surface area (Å²) < 4.78 is 30.4. The molecule has 1 heterocycles. The van der Waals surface area contributed by atoms with Crippen molar-refractivity contribution in [2.75, 3.05) is 18.0 Å². The Morgan fingerprint density at radius 2 is 1.66 bits per heavy atom. The number of phenolic OH excluding ortho intramolecular Hbond substituents is 1. The molecule has 0 amide bonds. The minimum atomic E-state index is -2.92. The lowest BCUT2D eigenvalue weighted by molar-refractivity contribution is -0.111. The Kier molecular flexibility index (Phi) is 5.68. The summed E-state index contributed by atoms with van der Waals surface area (Å²) in [6.45, 7) is 1.73. The number of benzene rings is 2. The summed E-state index contributed by atoms with van der Waals surface area (Å²) in [5.41, 5.74) is 2.85. The van der Waals surface area contributed by atoms with Crippen LogP contribution in [0.5, 0.6) is 5.75 Å². The van der Waals surface area contributed by atoms with E-state index in [0.29, 0.717) is 11.5 Å². The molecule has 2 fully saturated rings. The zero-order valence-electron chi connectivity index (χ0n) is 18.4. The van der Waals surface area contributed by atoms with E-state index in [4.69, 9.17) is 0 Å². The van der Waals surface area contributed by atoms with Crippen molar-refractivity contribution in [3.8, 4) is 5.75 Å². The molecule has 0 radical (unpaired) electrons. The molecule has 1 N–H and O–H groups in total. The molecule has 0 aromatic heterocycles. The Hall–Kier alpha value is -2.43. The summed E-state index contributed by atoms with van der Waals surface area (Å²) in [7, 11) is 0. The van der Waals surface area contributed by atoms with Crippen LogP contribution in [0.3, 0.4) is 0 Å². The van der Waals surface area contributed by atoms with E-state index in [9.17, 15) is 9.90 Å². The van der Waals surface area contributed by atoms with Crippen LogP contribution in [0.15, 0.2) is 42.5 Å². The number of alkyl halides is 2. The molecule has 2 aliphatic carbocycles. The number of phenols is 1. The summed E-state index contributed by atoms with van der Waals surface area (Å²) in [5, 5.41) is 9.91. The highest BCUT2D eigenvalue weighted by molar-refractivity contribution is 5.56. The van der Waals surface area contributed by atoms with Crippen molar-refractivity contribution < 1.29 is 18.7 Å². The standard InChI is InChI=1S/C27H31F2NO2/c28-27(29)16-24(19-3-1-2-4-19)26(23-10-9-22(32)15-25(23)27)20-5-7-21(8-6-20)30-13-11-18(17-31)12-14-30/h5-10,15,17-19,24,26,32H,1-4,11-14,16H2/t24-,26-/m0/s1. The highest BCUT2D eigenvalue weighted by Crippen LogP contribution is 2.55. The first kappa shape index (κ1) is 21.4. The molecule has 0 unspecified atom stereocenters. The van der Waals surface area contributed by atoms with E-state index in [-0.39, 0.29) is 35.5 Å². The molecular formula is C27H31F2NO2. The predicted molar refractivity (Wildman–Crippen MR) is 121 cm³/mol. The number of fused-ring (bicyclic) bond motifs is 1. The topological polar surface area (TPSA) is 40.5 Å². The minimum absolute atomic E-state index is 0.0169. The van der Waals surface area contributed by atoms with Crippen molar-refractivity contribution in [1.82, 2.24) is 0 Å². The first-order valence-corrected chi connectivity index (χ1v) is 12.0. The van der Waals surface area contributed by atoms with Crippen LogP contribution in [0.25, 0.3) is 0 Å². The highest BCUT2D eigenvalue weighted by atomic mass is 19.3. The average Bonchev–Trinajstić information content (AvgIpc) is 3.34. The quantitative estimate of drug-likeness (QED) is 0.573. The van der Waals surface area contributed by atoms with Crippen LogP contribution in [-0.2, 0) is 10.7 Å². The second-order valence-electron chi connectivity index (χ2n) is 9.92. The van der Waals surface area contributed by atoms with Gasteiger partial charge in [-0.25, -0.2) is 8.78 Å². The van der Waals surface area contributed by atoms with Crippen LogP contribution >= 0.6 is 0 Å². The summed E-state index contributed by atoms with van der Waals surface area (Å²) in [5.74, 6) is -2.72. The van der Waals surface area contributed by atoms with E-state index in [2.05, 4.69) is 29.2 Å². The number of piperidine rings is 1. The second kappa shape index (κ2) is 8.49. The summed E-state index contributed by atoms with van der Waals surface area (Å²) >= 11 is 0. The monoisotopic (exact) mass is 439 g/mol. The largest absolute Gasteiger partial charge is 0.508 e. The lowest BCUT2D eigenvalue weighted by Crippen LogP contribution is -2.35. The minimum Gasteiger partial charge on any atom is -0.508 e. The predicted octanol–water partition coefficient (Wildman–Crippen LogP) is 6.24. The molecule has 5 rings (SSSR count). The fourth-order valence-electron chi connectivity index (χ4n) is 6.32. The van der Waals surface area contributed by atoms with Gasteiger partial charge in [0.2, 0.25) is 0 Å². The third-order valence-corrected chi connectivity index (χ3v) is 8.04. The summed E-state index contributed by atoms with van der Waals surface area (Å²) in [6.07, 6.45) is 6.96. The molecule has 2 aromatic carbocycles. The van der Waals surface area contributed by atoms with E-state index in [1.807, 2.05) is 0 Å². The Morgan fingerprint density at radius 3 is 2.31 bits per heavy atom. The molecule has 0 spiro atoms. The lowest BCUT2D eigenvalue weighted by atomic mass is 9.65. The third kappa shape index (κ3) is 3.91. The first-order chi connectivity index (χ1) is 15.5. The van der Waals surface area contributed by atoms with Gasteiger partial charge in [0, 0.05) is 42.6 Å². The molecular weight excluding hydrogens is 408 g/mol. The van der Waals surface area contributed by atoms with Gasteiger partial charge in [0.05, 0.1) is 0 Å². The maximum Gasteiger partial charge on any atom is 0.274 e. The number of hydrogen-bond donors (Lipinski definition) is 1. The van der Waals surface area contributed by atoms with Gasteiger partial charge in [-0.1, -0.05) is 43.9 Å². The number of rotatable bonds is 4. The molecule has 3 aliphatic rings. The van der Waals surface area contributed by atoms with Crippen molar-refractivity contribution in [3.63, 3.8) is 0 Å². The van der Waals surface area contributed by atoms with Crippen molar-refractivity contribution in [1.29, 1.82) is 0 Å². The van der Waals surface area contributed by atoms with Crippen molar-refractivity contribution in [2.24, 2.45) is 17.8 Å². The highest BCUT2D eigenvalue weighted by Gasteiger charge is 2.49. The van der Waals surface area contributed by atoms with Gasteiger partial charge in [0.15, 0.2) is 0 Å². The fourth-order valence-corrected chi connectivity index (χ4v) is 6.32. The average molecular weight is 440 g/mol. The smallest absolute Gasteiger partial charge is 0.274 e. The Labute approximate surface area is 188 Å². The molecule has 32 heavy (non-hydrogen) atoms. The number of aldehydes is 1. The van der Waals surface area contributed by atoms with Gasteiger partial charge in [-0.3, -0.25) is 0 Å². The van der Waals surface area contributed by atoms with Gasteiger partial charge < -0.3 is 14.8 Å². The molecule has 2 atom stereocenters. The summed E-state index contributed by atoms with van der Waals surface area (Å²) in [4.78, 5) is 13.3. The molecule has 3 nitrogen and oxygen atoms in total. The fraction of sp³-hybridized carbons (Fsp3) is 0.519. The molecule has 1 saturated heterocycles. The van der Waals surface area contributed by atoms with E-state index in [1.54, 1.807) is 12.1 Å². The van der Waals surface area contributed by atoms with Crippen LogP contribution < -0.4 is 4.90 Å². The number of carbonyl (C=O) groups excluding carboxylic acids is 1. The SMILES string of the molecule is O=CC1CCN(c2ccc([C@H]3c4ccc(O)cc4C(F)(F)C[C@H]3C3CCCC3)cc2)CC1. The maximum absolute atomic E-state index is 15.2. The van der Waals surface area contributed by atoms with Crippen LogP contribution in [-0.4, -0.2) is 24.5 Å². The third-order valence-electron chi connectivity index (χ3n) is 8.04. The maximum atomic E-state index is 15.2. The molecule has 1 aliphatic heterocycles. The van der Waals surface area contributed by atoms with Gasteiger partial charge in [-0.15, -0.1) is 0 Å². The zero-order valence-corrected chi connectivity index (χ0v) is 18.4. The Bertz CT molecular complexity index is 960. The van der Waals surface area contributed by atoms with Crippen LogP contribution in [0.2, 0.25) is 0 Å². The number of anilines is 1. The Balaban J connectivity index is 1.48. The number of aromatic hydroxyl groups is 1. The molecule has 170 valence electrons. The van der Waals surface area contributed by atoms with E-state index in [0.717, 1.165) is 69.2 Å². The van der Waals surface area contributed by atoms with Gasteiger partial charge in [0.1, 0.15) is 12.0 Å². The molecule has 2 aromatic rings. The van der Waals surface area contributed by atoms with E-state index >= 15 is 8.78 Å². The number of halogens is 2. The van der Waals surface area contributed by atoms with Gasteiger partial charge in [0.25, 0.3) is 5.92 Å². The first-order valence-electron chi connectivity index (χ1n) is 12.0. The summed E-state index contributed by atoms with van der Waals surface area (Å²) in [6, 6.07) is 12.9. The van der Waals surface area contributed by atoms with Gasteiger partial charge >= 0.3 is 0 Å². The number of carbonyl (C=O) groups is 1. The Morgan fingerprint density at radius 1 is 0.969 bits per heavy atom. The van der Waals surface area contributed by atoms with E-state index < -0.39 is 5.92 Å². The molecule has 0 bridgehead atoms. The van der Waals surface area contributed by atoms with Crippen molar-refractivity contribution in [3.05, 3.63) is 59.2 Å². The zero-order chi connectivity index (χ0) is 22.3.